The second-order valence-electron chi connectivity index (χ2n) is 6.99. The van der Waals surface area contributed by atoms with Gasteiger partial charge in [0.2, 0.25) is 0 Å². The van der Waals surface area contributed by atoms with Crippen LogP contribution in [0.3, 0.4) is 0 Å². The number of rotatable bonds is 9. The SMILES string of the molecule is Cc1ccc2nc(N(CCS(=O)O)Cc3ccccc3)cc(CCCN)c2c1. The number of nitrogens with two attached hydrogens (primary N) is 1. The highest BCUT2D eigenvalue weighted by molar-refractivity contribution is 7.79. The van der Waals surface area contributed by atoms with Crippen LogP contribution in [0.2, 0.25) is 0 Å². The second-order valence-corrected chi connectivity index (χ2v) is 8.04. The molecule has 3 rings (SSSR count). The van der Waals surface area contributed by atoms with E-state index in [0.717, 1.165) is 35.1 Å². The maximum absolute atomic E-state index is 11.3. The lowest BCUT2D eigenvalue weighted by Crippen LogP contribution is -2.28. The Kier molecular flexibility index (Phi) is 7.14. The molecular formula is C22H27N3O2S. The highest BCUT2D eigenvalue weighted by atomic mass is 32.2. The van der Waals surface area contributed by atoms with Crippen LogP contribution in [-0.2, 0) is 24.0 Å². The van der Waals surface area contributed by atoms with Crippen LogP contribution in [0.4, 0.5) is 5.82 Å². The lowest BCUT2D eigenvalue weighted by molar-refractivity contribution is 0.562. The molecular weight excluding hydrogens is 370 g/mol. The maximum atomic E-state index is 11.3. The van der Waals surface area contributed by atoms with E-state index in [1.165, 1.54) is 11.1 Å². The first-order valence-electron chi connectivity index (χ1n) is 9.53. The number of benzene rings is 2. The van der Waals surface area contributed by atoms with Gasteiger partial charge in [0.1, 0.15) is 5.82 Å². The molecule has 0 bridgehead atoms. The molecule has 0 aliphatic heterocycles. The molecule has 0 spiro atoms. The lowest BCUT2D eigenvalue weighted by atomic mass is 10.0. The fourth-order valence-electron chi connectivity index (χ4n) is 3.32. The highest BCUT2D eigenvalue weighted by Crippen LogP contribution is 2.26. The summed E-state index contributed by atoms with van der Waals surface area (Å²) < 4.78 is 20.6. The molecule has 6 heteroatoms. The van der Waals surface area contributed by atoms with E-state index >= 15 is 0 Å². The van der Waals surface area contributed by atoms with Crippen molar-refractivity contribution in [2.75, 3.05) is 23.7 Å². The van der Waals surface area contributed by atoms with Gasteiger partial charge in [-0.2, -0.15) is 0 Å². The molecule has 3 N–H and O–H groups in total. The van der Waals surface area contributed by atoms with Crippen molar-refractivity contribution in [1.82, 2.24) is 4.98 Å². The Morgan fingerprint density at radius 1 is 1.14 bits per heavy atom. The Hall–Kier alpha value is -2.28. The quantitative estimate of drug-likeness (QED) is 0.539. The van der Waals surface area contributed by atoms with Gasteiger partial charge in [-0.05, 0) is 55.6 Å². The first-order valence-corrected chi connectivity index (χ1v) is 10.8. The summed E-state index contributed by atoms with van der Waals surface area (Å²) in [5, 5.41) is 1.16. The van der Waals surface area contributed by atoms with Gasteiger partial charge in [-0.25, -0.2) is 9.19 Å². The third kappa shape index (κ3) is 5.38. The molecule has 0 fully saturated rings. The number of anilines is 1. The average molecular weight is 398 g/mol. The second kappa shape index (κ2) is 9.78. The van der Waals surface area contributed by atoms with Crippen LogP contribution in [0.5, 0.6) is 0 Å². The van der Waals surface area contributed by atoms with Crippen molar-refractivity contribution in [1.29, 1.82) is 0 Å². The standard InChI is InChI=1S/C22H27N3O2S/c1-17-9-10-21-20(14-17)19(8-5-11-23)15-22(24-21)25(12-13-28(26)27)16-18-6-3-2-4-7-18/h2-4,6-7,9-10,14-15H,5,8,11-13,16,23H2,1H3,(H,26,27). The molecule has 28 heavy (non-hydrogen) atoms. The number of pyridine rings is 1. The van der Waals surface area contributed by atoms with E-state index in [1.807, 2.05) is 24.3 Å². The molecule has 0 aliphatic rings. The first kappa shape index (κ1) is 20.5. The van der Waals surface area contributed by atoms with Crippen LogP contribution in [0.15, 0.2) is 54.6 Å². The van der Waals surface area contributed by atoms with E-state index in [2.05, 4.69) is 42.2 Å². The number of fused-ring (bicyclic) bond motifs is 1. The van der Waals surface area contributed by atoms with Gasteiger partial charge in [0, 0.05) is 18.5 Å². The van der Waals surface area contributed by atoms with Crippen LogP contribution < -0.4 is 10.6 Å². The van der Waals surface area contributed by atoms with Crippen molar-refractivity contribution in [3.05, 3.63) is 71.3 Å². The first-order chi connectivity index (χ1) is 13.6. The Labute approximate surface area is 168 Å². The van der Waals surface area contributed by atoms with Gasteiger partial charge >= 0.3 is 0 Å². The zero-order chi connectivity index (χ0) is 19.9. The number of hydrogen-bond donors (Lipinski definition) is 2. The molecule has 0 amide bonds. The zero-order valence-electron chi connectivity index (χ0n) is 16.2. The summed E-state index contributed by atoms with van der Waals surface area (Å²) in [6.45, 7) is 3.82. The van der Waals surface area contributed by atoms with E-state index in [0.29, 0.717) is 19.6 Å². The van der Waals surface area contributed by atoms with E-state index < -0.39 is 11.1 Å². The molecule has 0 saturated heterocycles. The Morgan fingerprint density at radius 2 is 1.93 bits per heavy atom. The van der Waals surface area contributed by atoms with Gasteiger partial charge in [0.25, 0.3) is 0 Å². The van der Waals surface area contributed by atoms with E-state index in [4.69, 9.17) is 10.7 Å². The minimum absolute atomic E-state index is 0.179. The van der Waals surface area contributed by atoms with Gasteiger partial charge in [-0.3, -0.25) is 0 Å². The van der Waals surface area contributed by atoms with Crippen LogP contribution in [-0.4, -0.2) is 32.6 Å². The summed E-state index contributed by atoms with van der Waals surface area (Å²) >= 11 is -1.84. The minimum atomic E-state index is -1.84. The summed E-state index contributed by atoms with van der Waals surface area (Å²) in [4.78, 5) is 6.95. The zero-order valence-corrected chi connectivity index (χ0v) is 17.0. The van der Waals surface area contributed by atoms with Crippen molar-refractivity contribution in [2.24, 2.45) is 5.73 Å². The largest absolute Gasteiger partial charge is 0.351 e. The fourth-order valence-corrected chi connectivity index (χ4v) is 3.70. The monoisotopic (exact) mass is 397 g/mol. The number of nitrogens with zero attached hydrogens (tertiary/aromatic N) is 2. The molecule has 1 unspecified atom stereocenters. The molecule has 3 aromatic rings. The van der Waals surface area contributed by atoms with Gasteiger partial charge in [-0.15, -0.1) is 0 Å². The summed E-state index contributed by atoms with van der Waals surface area (Å²) in [5.41, 5.74) is 10.2. The van der Waals surface area contributed by atoms with Crippen LogP contribution in [0, 0.1) is 6.92 Å². The number of hydrogen-bond acceptors (Lipinski definition) is 4. The highest BCUT2D eigenvalue weighted by Gasteiger charge is 2.14. The van der Waals surface area contributed by atoms with Crippen molar-refractivity contribution < 1.29 is 8.76 Å². The average Bonchev–Trinajstić information content (AvgIpc) is 2.70. The summed E-state index contributed by atoms with van der Waals surface area (Å²) in [7, 11) is 0. The third-order valence-electron chi connectivity index (χ3n) is 4.76. The summed E-state index contributed by atoms with van der Waals surface area (Å²) in [6.07, 6.45) is 1.79. The van der Waals surface area contributed by atoms with E-state index in [9.17, 15) is 8.76 Å². The molecule has 0 radical (unpaired) electrons. The van der Waals surface area contributed by atoms with Crippen LogP contribution in [0.1, 0.15) is 23.1 Å². The smallest absolute Gasteiger partial charge is 0.154 e. The Bertz CT molecular complexity index is 947. The minimum Gasteiger partial charge on any atom is -0.351 e. The van der Waals surface area contributed by atoms with Crippen molar-refractivity contribution in [3.63, 3.8) is 0 Å². The lowest BCUT2D eigenvalue weighted by Gasteiger charge is -2.25. The molecule has 148 valence electrons. The number of aryl methyl sites for hydroxylation is 2. The van der Waals surface area contributed by atoms with Crippen molar-refractivity contribution >= 4 is 27.8 Å². The fraction of sp³-hybridized carbons (Fsp3) is 0.318. The van der Waals surface area contributed by atoms with Crippen molar-refractivity contribution in [2.45, 2.75) is 26.3 Å². The predicted molar refractivity (Wildman–Crippen MR) is 117 cm³/mol. The summed E-state index contributed by atoms with van der Waals surface area (Å²) in [5.74, 6) is 1.01. The molecule has 5 nitrogen and oxygen atoms in total. The maximum Gasteiger partial charge on any atom is 0.154 e. The van der Waals surface area contributed by atoms with E-state index in [-0.39, 0.29) is 5.75 Å². The van der Waals surface area contributed by atoms with Crippen LogP contribution in [0.25, 0.3) is 10.9 Å². The number of aromatic nitrogens is 1. The predicted octanol–water partition coefficient (Wildman–Crippen LogP) is 3.66. The normalized spacial score (nSPS) is 12.2. The van der Waals surface area contributed by atoms with Gasteiger partial charge in [0.05, 0.1) is 11.3 Å². The van der Waals surface area contributed by atoms with Gasteiger partial charge < -0.3 is 15.2 Å². The van der Waals surface area contributed by atoms with Crippen molar-refractivity contribution in [3.8, 4) is 0 Å². The topological polar surface area (TPSA) is 79.5 Å². The molecule has 0 saturated carbocycles. The molecule has 1 aromatic heterocycles. The van der Waals surface area contributed by atoms with Gasteiger partial charge in [-0.1, -0.05) is 42.0 Å². The van der Waals surface area contributed by atoms with Crippen LogP contribution >= 0.6 is 0 Å². The molecule has 2 aromatic carbocycles. The molecule has 0 aliphatic carbocycles. The Balaban J connectivity index is 2.01. The molecule has 1 atom stereocenters. The Morgan fingerprint density at radius 3 is 2.64 bits per heavy atom. The van der Waals surface area contributed by atoms with Gasteiger partial charge in [0.15, 0.2) is 11.1 Å². The third-order valence-corrected chi connectivity index (χ3v) is 5.29. The molecule has 1 heterocycles. The van der Waals surface area contributed by atoms with E-state index in [1.54, 1.807) is 0 Å². The summed E-state index contributed by atoms with van der Waals surface area (Å²) in [6, 6.07) is 18.5.